The van der Waals surface area contributed by atoms with Crippen LogP contribution < -0.4 is 10.1 Å². The fourth-order valence-corrected chi connectivity index (χ4v) is 2.42. The van der Waals surface area contributed by atoms with Crippen LogP contribution in [-0.4, -0.2) is 30.3 Å². The van der Waals surface area contributed by atoms with Gasteiger partial charge in [-0.25, -0.2) is 0 Å². The van der Waals surface area contributed by atoms with Gasteiger partial charge in [-0.05, 0) is 42.5 Å². The lowest BCUT2D eigenvalue weighted by Gasteiger charge is -2.06. The van der Waals surface area contributed by atoms with Crippen molar-refractivity contribution in [3.05, 3.63) is 65.9 Å². The molecule has 1 aromatic heterocycles. The number of aromatic nitrogens is 1. The Morgan fingerprint density at radius 3 is 2.61 bits per heavy atom. The topological polar surface area (TPSA) is 71.2 Å². The third-order valence-electron chi connectivity index (χ3n) is 3.66. The number of ether oxygens (including phenoxy) is 1. The number of H-pyrrole nitrogens is 1. The van der Waals surface area contributed by atoms with Crippen molar-refractivity contribution in [3.8, 4) is 5.75 Å². The number of ketones is 1. The molecule has 116 valence electrons. The first-order valence-electron chi connectivity index (χ1n) is 7.20. The van der Waals surface area contributed by atoms with Gasteiger partial charge < -0.3 is 15.0 Å². The molecule has 0 atom stereocenters. The number of fused-ring (bicyclic) bond motifs is 1. The smallest absolute Gasteiger partial charge is 0.252 e. The van der Waals surface area contributed by atoms with Gasteiger partial charge in [0.25, 0.3) is 5.91 Å². The lowest BCUT2D eigenvalue weighted by molar-refractivity contribution is 0.0905. The minimum absolute atomic E-state index is 0.0496. The first kappa shape index (κ1) is 14.8. The average molecular weight is 308 g/mol. The molecule has 0 fully saturated rings. The molecule has 0 saturated carbocycles. The van der Waals surface area contributed by atoms with E-state index in [1.54, 1.807) is 49.7 Å². The number of hydrogen-bond donors (Lipinski definition) is 2. The normalized spacial score (nSPS) is 10.5. The van der Waals surface area contributed by atoms with Crippen molar-refractivity contribution in [1.82, 2.24) is 10.3 Å². The first-order valence-corrected chi connectivity index (χ1v) is 7.20. The lowest BCUT2D eigenvalue weighted by Crippen LogP contribution is -2.29. The number of benzene rings is 2. The molecule has 3 aromatic rings. The molecular weight excluding hydrogens is 292 g/mol. The molecule has 1 heterocycles. The fourth-order valence-electron chi connectivity index (χ4n) is 2.42. The predicted molar refractivity (Wildman–Crippen MR) is 88.0 cm³/mol. The number of carbonyl (C=O) groups excluding carboxylic acids is 2. The standard InChI is InChI=1S/C18H16N2O3/c1-23-13-7-5-12(6-8-13)17(21)11-20-18(22)15-3-2-4-16-14(15)9-10-19-16/h2-10,19H,11H2,1H3,(H,20,22). The van der Waals surface area contributed by atoms with E-state index >= 15 is 0 Å². The SMILES string of the molecule is COc1ccc(C(=O)CNC(=O)c2cccc3[nH]ccc23)cc1. The number of Topliss-reactive ketones (excluding diaryl/α,β-unsaturated/α-hetero) is 1. The maximum absolute atomic E-state index is 12.3. The van der Waals surface area contributed by atoms with Crippen LogP contribution in [0.15, 0.2) is 54.7 Å². The predicted octanol–water partition coefficient (Wildman–Crippen LogP) is 2.79. The molecule has 5 heteroatoms. The Morgan fingerprint density at radius 2 is 1.87 bits per heavy atom. The highest BCUT2D eigenvalue weighted by molar-refractivity contribution is 6.08. The molecule has 0 aliphatic rings. The van der Waals surface area contributed by atoms with E-state index in [0.29, 0.717) is 16.9 Å². The van der Waals surface area contributed by atoms with Crippen molar-refractivity contribution in [2.24, 2.45) is 0 Å². The van der Waals surface area contributed by atoms with Crippen LogP contribution in [0, 0.1) is 0 Å². The largest absolute Gasteiger partial charge is 0.497 e. The zero-order valence-electron chi connectivity index (χ0n) is 12.6. The van der Waals surface area contributed by atoms with Gasteiger partial charge in [-0.1, -0.05) is 6.07 Å². The van der Waals surface area contributed by atoms with E-state index in [1.165, 1.54) is 0 Å². The van der Waals surface area contributed by atoms with Crippen LogP contribution >= 0.6 is 0 Å². The first-order chi connectivity index (χ1) is 11.2. The highest BCUT2D eigenvalue weighted by Crippen LogP contribution is 2.17. The van der Waals surface area contributed by atoms with Gasteiger partial charge >= 0.3 is 0 Å². The number of rotatable bonds is 5. The van der Waals surface area contributed by atoms with Gasteiger partial charge in [0.2, 0.25) is 0 Å². The molecule has 0 unspecified atom stereocenters. The maximum Gasteiger partial charge on any atom is 0.252 e. The van der Waals surface area contributed by atoms with E-state index in [1.807, 2.05) is 12.1 Å². The molecule has 2 aromatic carbocycles. The monoisotopic (exact) mass is 308 g/mol. The molecule has 0 saturated heterocycles. The van der Waals surface area contributed by atoms with E-state index in [-0.39, 0.29) is 18.2 Å². The Kier molecular flexibility index (Phi) is 4.10. The second-order valence-corrected chi connectivity index (χ2v) is 5.08. The summed E-state index contributed by atoms with van der Waals surface area (Å²) >= 11 is 0. The van der Waals surface area contributed by atoms with Crippen molar-refractivity contribution in [2.45, 2.75) is 0 Å². The molecule has 5 nitrogen and oxygen atoms in total. The molecule has 3 rings (SSSR count). The second-order valence-electron chi connectivity index (χ2n) is 5.08. The molecule has 0 spiro atoms. The number of amides is 1. The number of aromatic amines is 1. The van der Waals surface area contributed by atoms with E-state index in [9.17, 15) is 9.59 Å². The summed E-state index contributed by atoms with van der Waals surface area (Å²) in [5.74, 6) is 0.268. The second kappa shape index (κ2) is 6.36. The van der Waals surface area contributed by atoms with Crippen molar-refractivity contribution < 1.29 is 14.3 Å². The third-order valence-corrected chi connectivity index (χ3v) is 3.66. The van der Waals surface area contributed by atoms with Crippen LogP contribution in [-0.2, 0) is 0 Å². The molecule has 0 radical (unpaired) electrons. The Morgan fingerprint density at radius 1 is 1.09 bits per heavy atom. The zero-order valence-corrected chi connectivity index (χ0v) is 12.6. The minimum atomic E-state index is -0.267. The maximum atomic E-state index is 12.3. The van der Waals surface area contributed by atoms with Crippen LogP contribution in [0.4, 0.5) is 0 Å². The van der Waals surface area contributed by atoms with Crippen LogP contribution in [0.25, 0.3) is 10.9 Å². The van der Waals surface area contributed by atoms with E-state index in [2.05, 4.69) is 10.3 Å². The molecular formula is C18H16N2O3. The van der Waals surface area contributed by atoms with Crippen molar-refractivity contribution in [1.29, 1.82) is 0 Å². The van der Waals surface area contributed by atoms with Crippen molar-refractivity contribution in [3.63, 3.8) is 0 Å². The number of hydrogen-bond acceptors (Lipinski definition) is 3. The van der Waals surface area contributed by atoms with Crippen molar-refractivity contribution in [2.75, 3.05) is 13.7 Å². The fraction of sp³-hybridized carbons (Fsp3) is 0.111. The molecule has 0 aliphatic carbocycles. The summed E-state index contributed by atoms with van der Waals surface area (Å²) in [6, 6.07) is 14.1. The van der Waals surface area contributed by atoms with Gasteiger partial charge in [-0.15, -0.1) is 0 Å². The molecule has 2 N–H and O–H groups in total. The van der Waals surface area contributed by atoms with Gasteiger partial charge in [-0.2, -0.15) is 0 Å². The minimum Gasteiger partial charge on any atom is -0.497 e. The van der Waals surface area contributed by atoms with Crippen LogP contribution in [0.2, 0.25) is 0 Å². The summed E-state index contributed by atoms with van der Waals surface area (Å²) in [4.78, 5) is 27.5. The van der Waals surface area contributed by atoms with E-state index in [0.717, 1.165) is 10.9 Å². The van der Waals surface area contributed by atoms with Gasteiger partial charge in [0.1, 0.15) is 5.75 Å². The average Bonchev–Trinajstić information content (AvgIpc) is 3.08. The summed E-state index contributed by atoms with van der Waals surface area (Å²) in [5.41, 5.74) is 1.97. The van der Waals surface area contributed by atoms with Crippen LogP contribution in [0.5, 0.6) is 5.75 Å². The summed E-state index contributed by atoms with van der Waals surface area (Å²) < 4.78 is 5.05. The molecule has 0 aliphatic heterocycles. The quantitative estimate of drug-likeness (QED) is 0.712. The Labute approximate surface area is 133 Å². The Bertz CT molecular complexity index is 850. The van der Waals surface area contributed by atoms with Crippen molar-refractivity contribution >= 4 is 22.6 Å². The van der Waals surface area contributed by atoms with Gasteiger partial charge in [0.15, 0.2) is 5.78 Å². The Balaban J connectivity index is 1.68. The van der Waals surface area contributed by atoms with Gasteiger partial charge in [0.05, 0.1) is 13.7 Å². The van der Waals surface area contributed by atoms with Crippen LogP contribution in [0.3, 0.4) is 0 Å². The summed E-state index contributed by atoms with van der Waals surface area (Å²) in [6.07, 6.45) is 1.78. The Hall–Kier alpha value is -3.08. The molecule has 23 heavy (non-hydrogen) atoms. The number of methoxy groups -OCH3 is 1. The lowest BCUT2D eigenvalue weighted by atomic mass is 10.1. The van der Waals surface area contributed by atoms with Gasteiger partial charge in [0, 0.05) is 28.2 Å². The highest BCUT2D eigenvalue weighted by Gasteiger charge is 2.12. The van der Waals surface area contributed by atoms with Gasteiger partial charge in [-0.3, -0.25) is 9.59 Å². The zero-order chi connectivity index (χ0) is 16.2. The number of nitrogens with one attached hydrogen (secondary N) is 2. The summed E-state index contributed by atoms with van der Waals surface area (Å²) in [5, 5.41) is 3.51. The van der Waals surface area contributed by atoms with E-state index < -0.39 is 0 Å². The third kappa shape index (κ3) is 3.08. The highest BCUT2D eigenvalue weighted by atomic mass is 16.5. The number of carbonyl (C=O) groups is 2. The van der Waals surface area contributed by atoms with E-state index in [4.69, 9.17) is 4.74 Å². The van der Waals surface area contributed by atoms with Crippen LogP contribution in [0.1, 0.15) is 20.7 Å². The molecule has 0 bridgehead atoms. The molecule has 1 amide bonds. The summed E-state index contributed by atoms with van der Waals surface area (Å²) in [7, 11) is 1.57. The summed E-state index contributed by atoms with van der Waals surface area (Å²) in [6.45, 7) is -0.0496.